The second-order valence-electron chi connectivity index (χ2n) is 13.6. The van der Waals surface area contributed by atoms with E-state index in [1.54, 1.807) is 6.20 Å². The highest BCUT2D eigenvalue weighted by Gasteiger charge is 2.45. The molecule has 0 amide bonds. The number of hydrogen-bond acceptors (Lipinski definition) is 8. The van der Waals surface area contributed by atoms with Crippen molar-refractivity contribution in [3.05, 3.63) is 47.7 Å². The van der Waals surface area contributed by atoms with E-state index in [0.717, 1.165) is 45.3 Å². The van der Waals surface area contributed by atoms with Crippen molar-refractivity contribution >= 4 is 27.5 Å². The number of piperidine rings is 1. The van der Waals surface area contributed by atoms with E-state index in [-0.39, 0.29) is 51.6 Å². The summed E-state index contributed by atoms with van der Waals surface area (Å²) in [5.41, 5.74) is 0.200. The fraction of sp³-hybridized carbons (Fsp3) is 0.486. The Bertz CT molecular complexity index is 1840. The molecule has 0 bridgehead atoms. The minimum atomic E-state index is -0.709. The lowest BCUT2D eigenvalue weighted by molar-refractivity contribution is 0.139. The number of nitrogens with zero attached hydrogens (tertiary/aromatic N) is 5. The Balaban J connectivity index is 1.33. The highest BCUT2D eigenvalue weighted by atomic mass is 19.1. The number of aromatic nitrogens is 3. The quantitative estimate of drug-likeness (QED) is 0.203. The van der Waals surface area contributed by atoms with Gasteiger partial charge in [0, 0.05) is 54.3 Å². The maximum atomic E-state index is 16.9. The molecule has 1 saturated carbocycles. The van der Waals surface area contributed by atoms with Gasteiger partial charge >= 0.3 is 6.01 Å². The van der Waals surface area contributed by atoms with Crippen molar-refractivity contribution in [3.63, 3.8) is 0 Å². The summed E-state index contributed by atoms with van der Waals surface area (Å²) >= 11 is 0. The number of rotatable bonds is 9. The number of ether oxygens (including phenoxy) is 1. The Kier molecular flexibility index (Phi) is 8.62. The van der Waals surface area contributed by atoms with E-state index in [0.29, 0.717) is 41.7 Å². The Hall–Kier alpha value is -4.07. The summed E-state index contributed by atoms with van der Waals surface area (Å²) in [6, 6.07) is 6.21. The number of halogens is 2. The van der Waals surface area contributed by atoms with Crippen LogP contribution in [-0.4, -0.2) is 76.4 Å². The lowest BCUT2D eigenvalue weighted by Crippen LogP contribution is -2.56. The number of likely N-dealkylation sites (tertiary alicyclic amines) is 1. The molecule has 2 N–H and O–H groups in total. The molecule has 1 aliphatic carbocycles. The van der Waals surface area contributed by atoms with Gasteiger partial charge in [0.1, 0.15) is 28.6 Å². The van der Waals surface area contributed by atoms with Crippen molar-refractivity contribution in [2.24, 2.45) is 5.41 Å². The minimum Gasteiger partial charge on any atom is -0.508 e. The molecule has 2 unspecified atom stereocenters. The molecule has 2 aliphatic heterocycles. The average molecular weight is 641 g/mol. The van der Waals surface area contributed by atoms with E-state index < -0.39 is 11.6 Å². The van der Waals surface area contributed by atoms with Crippen molar-refractivity contribution in [3.8, 4) is 35.4 Å². The van der Waals surface area contributed by atoms with E-state index in [9.17, 15) is 9.50 Å². The van der Waals surface area contributed by atoms with Crippen molar-refractivity contribution in [2.75, 3.05) is 44.2 Å². The average Bonchev–Trinajstić information content (AvgIpc) is 3.86. The van der Waals surface area contributed by atoms with E-state index in [2.05, 4.69) is 44.9 Å². The number of fused-ring (bicyclic) bond motifs is 2. The Morgan fingerprint density at radius 1 is 1.06 bits per heavy atom. The molecule has 3 fully saturated rings. The molecule has 0 radical (unpaired) electrons. The van der Waals surface area contributed by atoms with Crippen LogP contribution < -0.4 is 15.0 Å². The van der Waals surface area contributed by atoms with Crippen LogP contribution in [-0.2, 0) is 0 Å². The van der Waals surface area contributed by atoms with Crippen molar-refractivity contribution in [2.45, 2.75) is 70.9 Å². The third-order valence-corrected chi connectivity index (χ3v) is 10.2. The number of phenolic OH excluding ortho intramolecular Hbond substituents is 1. The highest BCUT2D eigenvalue weighted by Crippen LogP contribution is 2.47. The van der Waals surface area contributed by atoms with Crippen LogP contribution in [0.2, 0.25) is 0 Å². The van der Waals surface area contributed by atoms with Gasteiger partial charge in [0.25, 0.3) is 0 Å². The molecule has 2 atom stereocenters. The first-order chi connectivity index (χ1) is 22.8. The van der Waals surface area contributed by atoms with Gasteiger partial charge in [0.2, 0.25) is 0 Å². The molecule has 246 valence electrons. The Morgan fingerprint density at radius 2 is 1.81 bits per heavy atom. The van der Waals surface area contributed by atoms with Gasteiger partial charge in [-0.05, 0) is 75.2 Å². The van der Waals surface area contributed by atoms with E-state index in [1.807, 2.05) is 0 Å². The number of piperazine rings is 1. The number of anilines is 1. The number of pyridine rings is 1. The standard InChI is InChI=1S/C37H42F2N6O2/c1-4-24-19-45(20-25(5-2)41-24)35-29-18-40-33(28-17-26(46)16-23-10-11-30(38)27(6-3)31(23)28)32(39)34(29)42-36(43-35)47-22-37(12-13-37)21-44-14-8-7-9-15-44/h3,10-11,16-18,24-25,41,46H,4-5,7-9,12-15,19-22H2,1-2H3. The molecule has 2 aromatic heterocycles. The first-order valence-electron chi connectivity index (χ1n) is 17.0. The Morgan fingerprint density at radius 3 is 2.49 bits per heavy atom. The normalized spacial score (nSPS) is 21.2. The van der Waals surface area contributed by atoms with Gasteiger partial charge in [0.05, 0.1) is 17.6 Å². The third kappa shape index (κ3) is 6.19. The van der Waals surface area contributed by atoms with Crippen LogP contribution in [0.1, 0.15) is 64.4 Å². The van der Waals surface area contributed by atoms with Crippen LogP contribution in [0.5, 0.6) is 11.8 Å². The summed E-state index contributed by atoms with van der Waals surface area (Å²) in [5.74, 6) is 1.55. The molecule has 7 rings (SSSR count). The molecule has 0 spiro atoms. The monoisotopic (exact) mass is 640 g/mol. The van der Waals surface area contributed by atoms with Crippen molar-refractivity contribution < 1.29 is 18.6 Å². The number of benzene rings is 2. The second kappa shape index (κ2) is 12.9. The Labute approximate surface area is 274 Å². The summed E-state index contributed by atoms with van der Waals surface area (Å²) in [5, 5.41) is 15.5. The van der Waals surface area contributed by atoms with Gasteiger partial charge < -0.3 is 25.0 Å². The second-order valence-corrected chi connectivity index (χ2v) is 13.6. The van der Waals surface area contributed by atoms with Crippen LogP contribution in [0.15, 0.2) is 30.5 Å². The van der Waals surface area contributed by atoms with Gasteiger partial charge in [-0.2, -0.15) is 9.97 Å². The highest BCUT2D eigenvalue weighted by molar-refractivity contribution is 6.03. The van der Waals surface area contributed by atoms with Crippen molar-refractivity contribution in [1.29, 1.82) is 0 Å². The molecule has 8 nitrogen and oxygen atoms in total. The molecule has 2 saturated heterocycles. The minimum absolute atomic E-state index is 0.0216. The van der Waals surface area contributed by atoms with E-state index in [1.165, 1.54) is 43.5 Å². The zero-order valence-electron chi connectivity index (χ0n) is 27.2. The number of aromatic hydroxyl groups is 1. The van der Waals surface area contributed by atoms with E-state index in [4.69, 9.17) is 16.1 Å². The number of hydrogen-bond donors (Lipinski definition) is 2. The van der Waals surface area contributed by atoms with Crippen LogP contribution in [0, 0.1) is 29.4 Å². The molecular formula is C37H42F2N6O2. The van der Waals surface area contributed by atoms with E-state index >= 15 is 4.39 Å². The maximum Gasteiger partial charge on any atom is 0.319 e. The van der Waals surface area contributed by atoms with Crippen LogP contribution >= 0.6 is 0 Å². The van der Waals surface area contributed by atoms with Crippen LogP contribution in [0.4, 0.5) is 14.6 Å². The van der Waals surface area contributed by atoms with Gasteiger partial charge in [-0.1, -0.05) is 32.3 Å². The maximum absolute atomic E-state index is 16.9. The number of phenols is 1. The molecule has 3 aliphatic rings. The third-order valence-electron chi connectivity index (χ3n) is 10.2. The SMILES string of the molecule is C#Cc1c(F)ccc2cc(O)cc(-c3ncc4c(N5CC(CC)NC(CC)C5)nc(OCC5(CN6CCCCC6)CC5)nc4c3F)c12. The zero-order chi connectivity index (χ0) is 32.7. The van der Waals surface area contributed by atoms with Gasteiger partial charge in [-0.15, -0.1) is 6.42 Å². The fourth-order valence-electron chi connectivity index (χ4n) is 7.31. The van der Waals surface area contributed by atoms with Crippen molar-refractivity contribution in [1.82, 2.24) is 25.2 Å². The first-order valence-corrected chi connectivity index (χ1v) is 17.0. The fourth-order valence-corrected chi connectivity index (χ4v) is 7.31. The summed E-state index contributed by atoms with van der Waals surface area (Å²) in [6.07, 6.45) is 15.1. The lowest BCUT2D eigenvalue weighted by Gasteiger charge is -2.39. The lowest BCUT2D eigenvalue weighted by atomic mass is 9.95. The molecule has 10 heteroatoms. The largest absolute Gasteiger partial charge is 0.508 e. The zero-order valence-corrected chi connectivity index (χ0v) is 27.2. The molecule has 2 aromatic carbocycles. The van der Waals surface area contributed by atoms with Crippen LogP contribution in [0.25, 0.3) is 32.9 Å². The van der Waals surface area contributed by atoms with Gasteiger partial charge in [-0.25, -0.2) is 8.78 Å². The number of terminal acetylenes is 1. The smallest absolute Gasteiger partial charge is 0.319 e. The summed E-state index contributed by atoms with van der Waals surface area (Å²) in [6.45, 7) is 9.39. The molecular weight excluding hydrogens is 598 g/mol. The molecule has 4 aromatic rings. The topological polar surface area (TPSA) is 86.6 Å². The summed E-state index contributed by atoms with van der Waals surface area (Å²) in [7, 11) is 0. The van der Waals surface area contributed by atoms with Gasteiger partial charge in [-0.3, -0.25) is 4.98 Å². The molecule has 4 heterocycles. The predicted octanol–water partition coefficient (Wildman–Crippen LogP) is 6.42. The summed E-state index contributed by atoms with van der Waals surface area (Å²) < 4.78 is 38.1. The molecule has 47 heavy (non-hydrogen) atoms. The number of nitrogens with one attached hydrogen (secondary N) is 1. The van der Waals surface area contributed by atoms with Gasteiger partial charge in [0.15, 0.2) is 5.82 Å². The van der Waals surface area contributed by atoms with Crippen LogP contribution in [0.3, 0.4) is 0 Å². The predicted molar refractivity (Wildman–Crippen MR) is 181 cm³/mol. The first kappa shape index (κ1) is 31.5. The summed E-state index contributed by atoms with van der Waals surface area (Å²) in [4.78, 5) is 18.8.